The Labute approximate surface area is 107 Å². The second-order valence-electron chi connectivity index (χ2n) is 4.07. The smallest absolute Gasteiger partial charge is 0.250 e. The summed E-state index contributed by atoms with van der Waals surface area (Å²) in [7, 11) is 0. The van der Waals surface area contributed by atoms with E-state index in [2.05, 4.69) is 5.32 Å². The fourth-order valence-electron chi connectivity index (χ4n) is 1.61. The van der Waals surface area contributed by atoms with Gasteiger partial charge in [-0.2, -0.15) is 0 Å². The van der Waals surface area contributed by atoms with Crippen molar-refractivity contribution >= 4 is 11.6 Å². The maximum Gasteiger partial charge on any atom is 0.250 e. The van der Waals surface area contributed by atoms with E-state index in [1.165, 1.54) is 0 Å². The number of rotatable bonds is 3. The van der Waals surface area contributed by atoms with E-state index in [0.717, 1.165) is 11.4 Å². The molecule has 3 nitrogen and oxygen atoms in total. The van der Waals surface area contributed by atoms with Gasteiger partial charge in [-0.15, -0.1) is 0 Å². The molecule has 0 aliphatic carbocycles. The fraction of sp³-hybridized carbons (Fsp3) is 0.133. The molecule has 1 heterocycles. The summed E-state index contributed by atoms with van der Waals surface area (Å²) in [4.78, 5) is 11.8. The van der Waals surface area contributed by atoms with Crippen LogP contribution in [0.1, 0.15) is 13.8 Å². The second-order valence-corrected chi connectivity index (χ2v) is 4.07. The molecule has 0 saturated heterocycles. The van der Waals surface area contributed by atoms with Gasteiger partial charge in [0.15, 0.2) is 0 Å². The minimum absolute atomic E-state index is 0.0674. The van der Waals surface area contributed by atoms with Crippen molar-refractivity contribution in [1.29, 1.82) is 0 Å². The second kappa shape index (κ2) is 5.36. The maximum atomic E-state index is 11.8. The molecule has 1 N–H and O–H groups in total. The van der Waals surface area contributed by atoms with Crippen LogP contribution in [0.25, 0.3) is 5.69 Å². The molecule has 0 radical (unpaired) electrons. The number of allylic oxidation sites excluding steroid dienone is 1. The van der Waals surface area contributed by atoms with Gasteiger partial charge in [0.1, 0.15) is 0 Å². The van der Waals surface area contributed by atoms with Crippen molar-refractivity contribution in [3.8, 4) is 5.69 Å². The van der Waals surface area contributed by atoms with Crippen LogP contribution >= 0.6 is 0 Å². The Morgan fingerprint density at radius 2 is 1.94 bits per heavy atom. The Hall–Kier alpha value is -2.29. The number of carbonyl (C=O) groups is 1. The van der Waals surface area contributed by atoms with Gasteiger partial charge < -0.3 is 9.88 Å². The average molecular weight is 240 g/mol. The summed E-state index contributed by atoms with van der Waals surface area (Å²) in [5.74, 6) is -0.0674. The number of aromatic nitrogens is 1. The lowest BCUT2D eigenvalue weighted by Crippen LogP contribution is -2.12. The van der Waals surface area contributed by atoms with Gasteiger partial charge in [-0.05, 0) is 44.2 Å². The molecule has 92 valence electrons. The summed E-state index contributed by atoms with van der Waals surface area (Å²) in [5.41, 5.74) is 2.53. The largest absolute Gasteiger partial charge is 0.324 e. The predicted molar refractivity (Wildman–Crippen MR) is 73.8 cm³/mol. The van der Waals surface area contributed by atoms with Crippen molar-refractivity contribution in [3.05, 3.63) is 60.4 Å². The number of benzene rings is 1. The van der Waals surface area contributed by atoms with E-state index in [0.29, 0.717) is 5.57 Å². The first-order chi connectivity index (χ1) is 8.70. The van der Waals surface area contributed by atoms with Gasteiger partial charge in [0.2, 0.25) is 0 Å². The zero-order valence-corrected chi connectivity index (χ0v) is 10.6. The minimum atomic E-state index is -0.0674. The van der Waals surface area contributed by atoms with Gasteiger partial charge in [-0.1, -0.05) is 12.1 Å². The van der Waals surface area contributed by atoms with Gasteiger partial charge in [0, 0.05) is 29.3 Å². The molecule has 0 unspecified atom stereocenters. The maximum absolute atomic E-state index is 11.8. The summed E-state index contributed by atoms with van der Waals surface area (Å²) in [6.45, 7) is 3.65. The van der Waals surface area contributed by atoms with E-state index in [4.69, 9.17) is 0 Å². The Kier molecular flexibility index (Phi) is 3.63. The molecule has 0 aliphatic rings. The van der Waals surface area contributed by atoms with Crippen molar-refractivity contribution in [2.24, 2.45) is 0 Å². The van der Waals surface area contributed by atoms with Crippen molar-refractivity contribution in [3.63, 3.8) is 0 Å². The Balaban J connectivity index is 2.21. The van der Waals surface area contributed by atoms with E-state index in [-0.39, 0.29) is 5.91 Å². The highest BCUT2D eigenvalue weighted by molar-refractivity contribution is 6.03. The topological polar surface area (TPSA) is 34.0 Å². The van der Waals surface area contributed by atoms with Crippen LogP contribution < -0.4 is 5.32 Å². The van der Waals surface area contributed by atoms with Crippen LogP contribution in [0.15, 0.2) is 60.4 Å². The summed E-state index contributed by atoms with van der Waals surface area (Å²) < 4.78 is 2.00. The zero-order chi connectivity index (χ0) is 13.0. The zero-order valence-electron chi connectivity index (χ0n) is 10.6. The normalized spacial score (nSPS) is 11.3. The third-order valence-corrected chi connectivity index (χ3v) is 2.80. The SMILES string of the molecule is C/C=C(\C)C(=O)Nc1cccc(-n2cccc2)c1. The number of hydrogen-bond acceptors (Lipinski definition) is 1. The van der Waals surface area contributed by atoms with Crippen LogP contribution in [0.4, 0.5) is 5.69 Å². The molecule has 2 aromatic rings. The first kappa shape index (κ1) is 12.2. The molecule has 0 atom stereocenters. The van der Waals surface area contributed by atoms with Crippen molar-refractivity contribution < 1.29 is 4.79 Å². The number of hydrogen-bond donors (Lipinski definition) is 1. The molecule has 2 rings (SSSR count). The lowest BCUT2D eigenvalue weighted by Gasteiger charge is -2.08. The van der Waals surface area contributed by atoms with Crippen LogP contribution in [0.5, 0.6) is 0 Å². The number of amides is 1. The highest BCUT2D eigenvalue weighted by Crippen LogP contribution is 2.15. The van der Waals surface area contributed by atoms with Gasteiger partial charge in [0.05, 0.1) is 0 Å². The molecule has 1 amide bonds. The Bertz CT molecular complexity index is 568. The van der Waals surface area contributed by atoms with E-state index in [9.17, 15) is 4.79 Å². The average Bonchev–Trinajstić information content (AvgIpc) is 2.92. The van der Waals surface area contributed by atoms with E-state index >= 15 is 0 Å². The van der Waals surface area contributed by atoms with E-state index < -0.39 is 0 Å². The lowest BCUT2D eigenvalue weighted by molar-refractivity contribution is -0.112. The quantitative estimate of drug-likeness (QED) is 0.820. The number of anilines is 1. The number of nitrogens with zero attached hydrogens (tertiary/aromatic N) is 1. The van der Waals surface area contributed by atoms with Crippen molar-refractivity contribution in [2.75, 3.05) is 5.32 Å². The van der Waals surface area contributed by atoms with Crippen molar-refractivity contribution in [1.82, 2.24) is 4.57 Å². The first-order valence-corrected chi connectivity index (χ1v) is 5.88. The summed E-state index contributed by atoms with van der Waals surface area (Å²) in [5, 5.41) is 2.87. The van der Waals surface area contributed by atoms with Crippen LogP contribution in [0.3, 0.4) is 0 Å². The minimum Gasteiger partial charge on any atom is -0.324 e. The van der Waals surface area contributed by atoms with Gasteiger partial charge in [-0.3, -0.25) is 4.79 Å². The third-order valence-electron chi connectivity index (χ3n) is 2.80. The molecule has 18 heavy (non-hydrogen) atoms. The highest BCUT2D eigenvalue weighted by Gasteiger charge is 2.04. The lowest BCUT2D eigenvalue weighted by atomic mass is 10.2. The molecule has 1 aromatic carbocycles. The molecule has 1 aromatic heterocycles. The van der Waals surface area contributed by atoms with Crippen LogP contribution in [0.2, 0.25) is 0 Å². The first-order valence-electron chi connectivity index (χ1n) is 5.88. The molecule has 0 spiro atoms. The molecule has 0 bridgehead atoms. The van der Waals surface area contributed by atoms with Gasteiger partial charge in [-0.25, -0.2) is 0 Å². The van der Waals surface area contributed by atoms with Gasteiger partial charge >= 0.3 is 0 Å². The fourth-order valence-corrected chi connectivity index (χ4v) is 1.61. The van der Waals surface area contributed by atoms with Crippen LogP contribution in [-0.2, 0) is 4.79 Å². The molecular weight excluding hydrogens is 224 g/mol. The standard InChI is InChI=1S/C15H16N2O/c1-3-12(2)15(18)16-13-7-6-8-14(11-13)17-9-4-5-10-17/h3-11H,1-2H3,(H,16,18)/b12-3+. The number of carbonyl (C=O) groups excluding carboxylic acids is 1. The van der Waals surface area contributed by atoms with Crippen LogP contribution in [-0.4, -0.2) is 10.5 Å². The summed E-state index contributed by atoms with van der Waals surface area (Å²) in [6, 6.07) is 11.7. The van der Waals surface area contributed by atoms with Gasteiger partial charge in [0.25, 0.3) is 5.91 Å². The van der Waals surface area contributed by atoms with Crippen molar-refractivity contribution in [2.45, 2.75) is 13.8 Å². The Morgan fingerprint density at radius 1 is 1.22 bits per heavy atom. The molecule has 3 heteroatoms. The third kappa shape index (κ3) is 2.69. The predicted octanol–water partition coefficient (Wildman–Crippen LogP) is 3.38. The van der Waals surface area contributed by atoms with E-state index in [1.54, 1.807) is 13.0 Å². The monoisotopic (exact) mass is 240 g/mol. The molecule has 0 aliphatic heterocycles. The molecule has 0 saturated carbocycles. The highest BCUT2D eigenvalue weighted by atomic mass is 16.1. The molecule has 0 fully saturated rings. The Morgan fingerprint density at radius 3 is 2.61 bits per heavy atom. The summed E-state index contributed by atoms with van der Waals surface area (Å²) >= 11 is 0. The van der Waals surface area contributed by atoms with Crippen LogP contribution in [0, 0.1) is 0 Å². The number of nitrogens with one attached hydrogen (secondary N) is 1. The molecular formula is C15H16N2O. The van der Waals surface area contributed by atoms with E-state index in [1.807, 2.05) is 60.3 Å². The summed E-state index contributed by atoms with van der Waals surface area (Å²) in [6.07, 6.45) is 5.74.